The standard InChI is InChI=1S/C31H40O2/c1-21(25-10-6-4-7-11-25)14-27(26-12-8-5-9-13-26)15-22(2)30(32)33-31(3)28-17-23-16-24(19-28)20-29(31)18-23/h4-13,21-24,27-29H,14-20H2,1-3H3. The number of esters is 1. The van der Waals surface area contributed by atoms with E-state index in [1.165, 1.54) is 43.2 Å². The number of hydrogen-bond acceptors (Lipinski definition) is 2. The monoisotopic (exact) mass is 444 g/mol. The van der Waals surface area contributed by atoms with Gasteiger partial charge in [-0.1, -0.05) is 74.5 Å². The van der Waals surface area contributed by atoms with Crippen LogP contribution in [0.25, 0.3) is 0 Å². The Hall–Kier alpha value is -2.09. The third-order valence-electron chi connectivity index (χ3n) is 9.40. The average molecular weight is 445 g/mol. The topological polar surface area (TPSA) is 26.3 Å². The van der Waals surface area contributed by atoms with Crippen LogP contribution in [0.5, 0.6) is 0 Å². The van der Waals surface area contributed by atoms with Crippen molar-refractivity contribution in [3.05, 3.63) is 71.8 Å². The van der Waals surface area contributed by atoms with E-state index >= 15 is 0 Å². The van der Waals surface area contributed by atoms with E-state index in [0.29, 0.717) is 23.7 Å². The van der Waals surface area contributed by atoms with Crippen molar-refractivity contribution >= 4 is 5.97 Å². The van der Waals surface area contributed by atoms with Crippen LogP contribution in [-0.2, 0) is 9.53 Å². The Morgan fingerprint density at radius 2 is 1.33 bits per heavy atom. The van der Waals surface area contributed by atoms with Crippen molar-refractivity contribution in [3.63, 3.8) is 0 Å². The minimum atomic E-state index is -0.238. The Balaban J connectivity index is 1.28. The predicted molar refractivity (Wildman–Crippen MR) is 134 cm³/mol. The molecule has 33 heavy (non-hydrogen) atoms. The number of ether oxygens (including phenoxy) is 1. The molecule has 0 aliphatic heterocycles. The van der Waals surface area contributed by atoms with Gasteiger partial charge in [0.25, 0.3) is 0 Å². The van der Waals surface area contributed by atoms with E-state index in [0.717, 1.165) is 24.7 Å². The molecule has 0 amide bonds. The van der Waals surface area contributed by atoms with Gasteiger partial charge >= 0.3 is 5.97 Å². The molecular weight excluding hydrogens is 404 g/mol. The molecule has 0 heterocycles. The predicted octanol–water partition coefficient (Wildman–Crippen LogP) is 7.75. The summed E-state index contributed by atoms with van der Waals surface area (Å²) in [5.41, 5.74) is 2.47. The molecule has 4 aliphatic rings. The number of carbonyl (C=O) groups is 1. The smallest absolute Gasteiger partial charge is 0.309 e. The Kier molecular flexibility index (Phi) is 6.38. The molecule has 2 nitrogen and oxygen atoms in total. The minimum Gasteiger partial charge on any atom is -0.459 e. The molecule has 176 valence electrons. The molecule has 2 aromatic rings. The van der Waals surface area contributed by atoms with E-state index in [1.807, 2.05) is 0 Å². The lowest BCUT2D eigenvalue weighted by molar-refractivity contribution is -0.206. The van der Waals surface area contributed by atoms with Gasteiger partial charge in [-0.15, -0.1) is 0 Å². The normalized spacial score (nSPS) is 32.8. The van der Waals surface area contributed by atoms with E-state index in [4.69, 9.17) is 4.74 Å². The highest BCUT2D eigenvalue weighted by atomic mass is 16.6. The zero-order valence-corrected chi connectivity index (χ0v) is 20.6. The summed E-state index contributed by atoms with van der Waals surface area (Å²) in [5, 5.41) is 0. The molecule has 0 radical (unpaired) electrons. The first-order valence-corrected chi connectivity index (χ1v) is 13.2. The second kappa shape index (κ2) is 9.28. The molecule has 4 fully saturated rings. The fourth-order valence-electron chi connectivity index (χ4n) is 7.57. The van der Waals surface area contributed by atoms with E-state index < -0.39 is 0 Å². The van der Waals surface area contributed by atoms with Crippen LogP contribution in [0, 0.1) is 29.6 Å². The summed E-state index contributed by atoms with van der Waals surface area (Å²) in [5.74, 6) is 3.65. The SMILES string of the molecule is CC(CC(CC(C)c1ccccc1)c1ccccc1)C(=O)OC1(C)C2CC3CC(C2)CC1C3. The number of carbonyl (C=O) groups excluding carboxylic acids is 1. The number of hydrogen-bond donors (Lipinski definition) is 0. The highest BCUT2D eigenvalue weighted by molar-refractivity contribution is 5.72. The van der Waals surface area contributed by atoms with E-state index in [9.17, 15) is 4.79 Å². The third kappa shape index (κ3) is 4.63. The van der Waals surface area contributed by atoms with Gasteiger partial charge in [0.2, 0.25) is 0 Å². The largest absolute Gasteiger partial charge is 0.459 e. The minimum absolute atomic E-state index is 0.0262. The maximum absolute atomic E-state index is 13.4. The van der Waals surface area contributed by atoms with Crippen molar-refractivity contribution in [1.29, 1.82) is 0 Å². The maximum atomic E-state index is 13.4. The van der Waals surface area contributed by atoms with Crippen molar-refractivity contribution in [2.75, 3.05) is 0 Å². The third-order valence-corrected chi connectivity index (χ3v) is 9.40. The van der Waals surface area contributed by atoms with Crippen LogP contribution in [-0.4, -0.2) is 11.6 Å². The number of rotatable bonds is 8. The summed E-state index contributed by atoms with van der Waals surface area (Å²) < 4.78 is 6.46. The molecule has 4 aliphatic carbocycles. The Morgan fingerprint density at radius 1 is 0.818 bits per heavy atom. The Bertz CT molecular complexity index is 906. The van der Waals surface area contributed by atoms with Crippen LogP contribution in [0.1, 0.15) is 88.7 Å². The van der Waals surface area contributed by atoms with Gasteiger partial charge in [0, 0.05) is 0 Å². The fraction of sp³-hybridized carbons (Fsp3) is 0.581. The first kappa shape index (κ1) is 22.7. The molecule has 2 heteroatoms. The summed E-state index contributed by atoms with van der Waals surface area (Å²) >= 11 is 0. The van der Waals surface area contributed by atoms with E-state index in [-0.39, 0.29) is 17.5 Å². The van der Waals surface area contributed by atoms with Crippen LogP contribution < -0.4 is 0 Å². The van der Waals surface area contributed by atoms with Crippen LogP contribution in [0.2, 0.25) is 0 Å². The molecule has 0 saturated heterocycles. The lowest BCUT2D eigenvalue weighted by Crippen LogP contribution is -2.58. The molecule has 0 spiro atoms. The zero-order chi connectivity index (χ0) is 23.0. The lowest BCUT2D eigenvalue weighted by atomic mass is 9.50. The van der Waals surface area contributed by atoms with Crippen molar-refractivity contribution in [2.45, 2.75) is 83.2 Å². The molecule has 4 saturated carbocycles. The molecule has 3 atom stereocenters. The van der Waals surface area contributed by atoms with Crippen LogP contribution >= 0.6 is 0 Å². The molecule has 3 unspecified atom stereocenters. The fourth-order valence-corrected chi connectivity index (χ4v) is 7.57. The zero-order valence-electron chi connectivity index (χ0n) is 20.6. The molecule has 6 rings (SSSR count). The Morgan fingerprint density at radius 3 is 1.88 bits per heavy atom. The maximum Gasteiger partial charge on any atom is 0.309 e. The summed E-state index contributed by atoms with van der Waals surface area (Å²) in [7, 11) is 0. The highest BCUT2D eigenvalue weighted by Gasteiger charge is 2.57. The molecule has 0 N–H and O–H groups in total. The molecule has 2 aromatic carbocycles. The first-order valence-electron chi connectivity index (χ1n) is 13.2. The van der Waals surface area contributed by atoms with Gasteiger partial charge in [0.1, 0.15) is 5.60 Å². The highest BCUT2D eigenvalue weighted by Crippen LogP contribution is 2.59. The summed E-state index contributed by atoms with van der Waals surface area (Å²) in [6.07, 6.45) is 8.39. The lowest BCUT2D eigenvalue weighted by Gasteiger charge is -2.59. The summed E-state index contributed by atoms with van der Waals surface area (Å²) in [6, 6.07) is 21.5. The van der Waals surface area contributed by atoms with Gasteiger partial charge in [-0.25, -0.2) is 0 Å². The average Bonchev–Trinajstić information content (AvgIpc) is 2.82. The van der Waals surface area contributed by atoms with Gasteiger partial charge in [-0.2, -0.15) is 0 Å². The van der Waals surface area contributed by atoms with Crippen LogP contribution in [0.15, 0.2) is 60.7 Å². The second-order valence-corrected chi connectivity index (χ2v) is 11.7. The van der Waals surface area contributed by atoms with Gasteiger partial charge in [-0.3, -0.25) is 4.79 Å². The summed E-state index contributed by atoms with van der Waals surface area (Å²) in [4.78, 5) is 13.4. The van der Waals surface area contributed by atoms with Crippen molar-refractivity contribution < 1.29 is 9.53 Å². The van der Waals surface area contributed by atoms with Gasteiger partial charge in [0.15, 0.2) is 0 Å². The number of benzene rings is 2. The molecule has 4 bridgehead atoms. The van der Waals surface area contributed by atoms with Gasteiger partial charge < -0.3 is 4.74 Å². The summed E-state index contributed by atoms with van der Waals surface area (Å²) in [6.45, 7) is 6.66. The van der Waals surface area contributed by atoms with Gasteiger partial charge in [0.05, 0.1) is 5.92 Å². The van der Waals surface area contributed by atoms with Crippen LogP contribution in [0.4, 0.5) is 0 Å². The molecule has 0 aromatic heterocycles. The van der Waals surface area contributed by atoms with Gasteiger partial charge in [-0.05, 0) is 98.5 Å². The van der Waals surface area contributed by atoms with Crippen molar-refractivity contribution in [3.8, 4) is 0 Å². The second-order valence-electron chi connectivity index (χ2n) is 11.7. The first-order chi connectivity index (χ1) is 15.9. The van der Waals surface area contributed by atoms with Crippen molar-refractivity contribution in [1.82, 2.24) is 0 Å². The van der Waals surface area contributed by atoms with Crippen LogP contribution in [0.3, 0.4) is 0 Å². The van der Waals surface area contributed by atoms with Crippen molar-refractivity contribution in [2.24, 2.45) is 29.6 Å². The Labute approximate surface area is 200 Å². The van der Waals surface area contributed by atoms with E-state index in [1.54, 1.807) is 0 Å². The van der Waals surface area contributed by atoms with E-state index in [2.05, 4.69) is 81.4 Å². The molecular formula is C31H40O2. The quantitative estimate of drug-likeness (QED) is 0.389.